The zero-order valence-electron chi connectivity index (χ0n) is 12.6. The van der Waals surface area contributed by atoms with Crippen LogP contribution >= 0.6 is 11.3 Å². The van der Waals surface area contributed by atoms with Crippen LogP contribution in [0.1, 0.15) is 37.5 Å². The van der Waals surface area contributed by atoms with Crippen molar-refractivity contribution in [2.75, 3.05) is 13.7 Å². The average molecular weight is 309 g/mol. The summed E-state index contributed by atoms with van der Waals surface area (Å²) in [6, 6.07) is 4.88. The van der Waals surface area contributed by atoms with Crippen molar-refractivity contribution in [1.29, 1.82) is 0 Å². The van der Waals surface area contributed by atoms with Gasteiger partial charge in [-0.3, -0.25) is 4.79 Å². The van der Waals surface area contributed by atoms with Gasteiger partial charge in [-0.1, -0.05) is 6.07 Å². The zero-order valence-corrected chi connectivity index (χ0v) is 13.4. The number of carbonyl (C=O) groups excluding carboxylic acids is 1. The van der Waals surface area contributed by atoms with E-state index in [1.54, 1.807) is 6.92 Å². The Labute approximate surface area is 129 Å². The number of carbonyl (C=O) groups is 1. The Morgan fingerprint density at radius 2 is 2.14 bits per heavy atom. The highest BCUT2D eigenvalue weighted by Crippen LogP contribution is 2.37. The van der Waals surface area contributed by atoms with Crippen LogP contribution in [0.5, 0.6) is 0 Å². The smallest absolute Gasteiger partial charge is 0.319 e. The lowest BCUT2D eigenvalue weighted by atomic mass is 9.89. The fourth-order valence-electron chi connectivity index (χ4n) is 3.57. The van der Waals surface area contributed by atoms with E-state index < -0.39 is 5.41 Å². The monoisotopic (exact) mass is 309 g/mol. The third-order valence-electron chi connectivity index (χ3n) is 5.16. The standard InChI is InChI=1S/C16H23NO3S/c1-16(10-18,14-4-3-7-21-14)15(19)20-13-8-11-5-6-12(9-13)17(11)2/h3-4,7,11-13,18H,5-6,8-10H2,1-2H3. The first-order chi connectivity index (χ1) is 10.0. The van der Waals surface area contributed by atoms with Crippen LogP contribution in [0.4, 0.5) is 0 Å². The highest BCUT2D eigenvalue weighted by atomic mass is 32.1. The van der Waals surface area contributed by atoms with Crippen LogP contribution in [0.15, 0.2) is 17.5 Å². The third-order valence-corrected chi connectivity index (χ3v) is 6.29. The van der Waals surface area contributed by atoms with Crippen molar-refractivity contribution in [3.63, 3.8) is 0 Å². The second kappa shape index (κ2) is 5.71. The van der Waals surface area contributed by atoms with Gasteiger partial charge >= 0.3 is 5.97 Å². The van der Waals surface area contributed by atoms with Crippen molar-refractivity contribution in [3.8, 4) is 0 Å². The molecule has 5 heteroatoms. The van der Waals surface area contributed by atoms with Crippen molar-refractivity contribution in [3.05, 3.63) is 22.4 Å². The molecule has 2 bridgehead atoms. The molecule has 0 amide bonds. The summed E-state index contributed by atoms with van der Waals surface area (Å²) in [4.78, 5) is 15.9. The van der Waals surface area contributed by atoms with E-state index in [1.807, 2.05) is 17.5 Å². The third kappa shape index (κ3) is 2.62. The van der Waals surface area contributed by atoms with Gasteiger partial charge in [0.1, 0.15) is 11.5 Å². The molecule has 0 radical (unpaired) electrons. The molecule has 0 spiro atoms. The van der Waals surface area contributed by atoms with E-state index in [2.05, 4.69) is 11.9 Å². The molecule has 2 fully saturated rings. The van der Waals surface area contributed by atoms with Crippen LogP contribution in [0, 0.1) is 0 Å². The molecule has 1 N–H and O–H groups in total. The SMILES string of the molecule is CN1C2CCC1CC(OC(=O)C(C)(CO)c1cccs1)C2. The molecule has 116 valence electrons. The van der Waals surface area contributed by atoms with Gasteiger partial charge in [-0.05, 0) is 51.1 Å². The van der Waals surface area contributed by atoms with Crippen LogP contribution in [0.3, 0.4) is 0 Å². The van der Waals surface area contributed by atoms with E-state index in [4.69, 9.17) is 4.74 Å². The van der Waals surface area contributed by atoms with Gasteiger partial charge in [0.2, 0.25) is 0 Å². The van der Waals surface area contributed by atoms with E-state index >= 15 is 0 Å². The normalized spacial score (nSPS) is 31.9. The molecule has 21 heavy (non-hydrogen) atoms. The second-order valence-electron chi connectivity index (χ2n) is 6.52. The van der Waals surface area contributed by atoms with Gasteiger partial charge in [-0.15, -0.1) is 11.3 Å². The molecule has 3 unspecified atom stereocenters. The zero-order chi connectivity index (χ0) is 15.0. The lowest BCUT2D eigenvalue weighted by Crippen LogP contribution is -2.46. The maximum absolute atomic E-state index is 12.6. The van der Waals surface area contributed by atoms with Crippen LogP contribution in [-0.4, -0.2) is 47.8 Å². The number of hydrogen-bond acceptors (Lipinski definition) is 5. The topological polar surface area (TPSA) is 49.8 Å². The Kier molecular flexibility index (Phi) is 4.08. The molecule has 2 aliphatic heterocycles. The minimum atomic E-state index is -0.934. The van der Waals surface area contributed by atoms with E-state index in [9.17, 15) is 9.90 Å². The fraction of sp³-hybridized carbons (Fsp3) is 0.688. The summed E-state index contributed by atoms with van der Waals surface area (Å²) in [6.45, 7) is 1.55. The largest absolute Gasteiger partial charge is 0.462 e. The molecular formula is C16H23NO3S. The summed E-state index contributed by atoms with van der Waals surface area (Å²) < 4.78 is 5.78. The predicted octanol–water partition coefficient (Wildman–Crippen LogP) is 2.17. The van der Waals surface area contributed by atoms with Crippen LogP contribution in [0.2, 0.25) is 0 Å². The lowest BCUT2D eigenvalue weighted by Gasteiger charge is -2.37. The summed E-state index contributed by atoms with van der Waals surface area (Å²) in [5.74, 6) is -0.290. The summed E-state index contributed by atoms with van der Waals surface area (Å²) in [5, 5.41) is 11.6. The minimum Gasteiger partial charge on any atom is -0.462 e. The highest BCUT2D eigenvalue weighted by molar-refractivity contribution is 7.10. The second-order valence-corrected chi connectivity index (χ2v) is 7.46. The Balaban J connectivity index is 1.69. The number of esters is 1. The maximum atomic E-state index is 12.6. The minimum absolute atomic E-state index is 0.00274. The molecule has 0 aromatic carbocycles. The molecule has 2 saturated heterocycles. The quantitative estimate of drug-likeness (QED) is 0.866. The van der Waals surface area contributed by atoms with Gasteiger partial charge in [-0.25, -0.2) is 0 Å². The molecule has 0 aliphatic carbocycles. The number of ether oxygens (including phenoxy) is 1. The van der Waals surface area contributed by atoms with E-state index in [0.29, 0.717) is 12.1 Å². The lowest BCUT2D eigenvalue weighted by molar-refractivity contribution is -0.160. The number of piperidine rings is 1. The molecule has 1 aromatic rings. The number of thiophene rings is 1. The van der Waals surface area contributed by atoms with E-state index in [0.717, 1.165) is 17.7 Å². The highest BCUT2D eigenvalue weighted by Gasteiger charge is 2.43. The molecular weight excluding hydrogens is 286 g/mol. The summed E-state index contributed by atoms with van der Waals surface area (Å²) >= 11 is 1.49. The molecule has 3 atom stereocenters. The number of fused-ring (bicyclic) bond motifs is 2. The maximum Gasteiger partial charge on any atom is 0.319 e. The predicted molar refractivity (Wildman–Crippen MR) is 82.4 cm³/mol. The number of aliphatic hydroxyl groups is 1. The van der Waals surface area contributed by atoms with E-state index in [1.165, 1.54) is 24.2 Å². The van der Waals surface area contributed by atoms with Gasteiger partial charge in [0, 0.05) is 17.0 Å². The fourth-order valence-corrected chi connectivity index (χ4v) is 4.44. The number of aliphatic hydroxyl groups excluding tert-OH is 1. The van der Waals surface area contributed by atoms with Crippen LogP contribution < -0.4 is 0 Å². The van der Waals surface area contributed by atoms with Gasteiger partial charge in [0.15, 0.2) is 0 Å². The van der Waals surface area contributed by atoms with Crippen LogP contribution in [-0.2, 0) is 14.9 Å². The van der Waals surface area contributed by atoms with Crippen LogP contribution in [0.25, 0.3) is 0 Å². The molecule has 4 nitrogen and oxygen atoms in total. The first kappa shape index (κ1) is 15.0. The summed E-state index contributed by atoms with van der Waals surface area (Å²) in [7, 11) is 2.17. The Hall–Kier alpha value is -0.910. The van der Waals surface area contributed by atoms with Crippen molar-refractivity contribution >= 4 is 17.3 Å². The van der Waals surface area contributed by atoms with Crippen molar-refractivity contribution in [2.45, 2.75) is 56.2 Å². The molecule has 3 rings (SSSR count). The average Bonchev–Trinajstić information content (AvgIpc) is 3.06. The van der Waals surface area contributed by atoms with Gasteiger partial charge in [0.05, 0.1) is 6.61 Å². The summed E-state index contributed by atoms with van der Waals surface area (Å²) in [6.07, 6.45) is 4.25. The molecule has 2 aliphatic rings. The first-order valence-electron chi connectivity index (χ1n) is 7.62. The number of nitrogens with zero attached hydrogens (tertiary/aromatic N) is 1. The molecule has 3 heterocycles. The number of rotatable bonds is 4. The van der Waals surface area contributed by atoms with Gasteiger partial charge in [-0.2, -0.15) is 0 Å². The van der Waals surface area contributed by atoms with Gasteiger partial charge in [0.25, 0.3) is 0 Å². The van der Waals surface area contributed by atoms with Crippen molar-refractivity contribution in [1.82, 2.24) is 4.90 Å². The van der Waals surface area contributed by atoms with Crippen molar-refractivity contribution in [2.24, 2.45) is 0 Å². The van der Waals surface area contributed by atoms with E-state index in [-0.39, 0.29) is 18.7 Å². The first-order valence-corrected chi connectivity index (χ1v) is 8.50. The molecule has 0 saturated carbocycles. The van der Waals surface area contributed by atoms with Crippen molar-refractivity contribution < 1.29 is 14.6 Å². The molecule has 1 aromatic heterocycles. The Morgan fingerprint density at radius 3 is 2.67 bits per heavy atom. The summed E-state index contributed by atoms with van der Waals surface area (Å²) in [5.41, 5.74) is -0.934. The Bertz CT molecular complexity index is 490. The Morgan fingerprint density at radius 1 is 1.48 bits per heavy atom. The van der Waals surface area contributed by atoms with Gasteiger partial charge < -0.3 is 14.7 Å². The number of hydrogen-bond donors (Lipinski definition) is 1.